The van der Waals surface area contributed by atoms with Gasteiger partial charge in [0.2, 0.25) is 0 Å². The largest absolute Gasteiger partial charge is 0.383 e. The van der Waals surface area contributed by atoms with Crippen LogP contribution in [-0.4, -0.2) is 53.7 Å². The molecule has 1 unspecified atom stereocenters. The second kappa shape index (κ2) is 9.70. The zero-order valence-electron chi connectivity index (χ0n) is 12.9. The Morgan fingerprint density at radius 1 is 1.05 bits per heavy atom. The van der Waals surface area contributed by atoms with Gasteiger partial charge in [-0.1, -0.05) is 6.92 Å². The third-order valence-corrected chi connectivity index (χ3v) is 4.04. The van der Waals surface area contributed by atoms with Crippen molar-refractivity contribution in [2.24, 2.45) is 11.3 Å². The summed E-state index contributed by atoms with van der Waals surface area (Å²) in [4.78, 5) is 0. The van der Waals surface area contributed by atoms with Crippen molar-refractivity contribution in [3.63, 3.8) is 0 Å². The van der Waals surface area contributed by atoms with Gasteiger partial charge in [0.1, 0.15) is 0 Å². The molecule has 0 aliphatic heterocycles. The standard InChI is InChI=1S/C15H31NO3/c1-15(14-5-6-14,13-16-8-10-17-2)7-4-9-19-12-11-18-3/h14,16H,4-13H2,1-3H3. The Hall–Kier alpha value is -0.160. The molecule has 0 amide bonds. The lowest BCUT2D eigenvalue weighted by Crippen LogP contribution is -2.35. The smallest absolute Gasteiger partial charge is 0.0700 e. The quantitative estimate of drug-likeness (QED) is 0.522. The third kappa shape index (κ3) is 7.25. The van der Waals surface area contributed by atoms with Gasteiger partial charge in [0.15, 0.2) is 0 Å². The van der Waals surface area contributed by atoms with E-state index in [0.717, 1.165) is 38.6 Å². The Morgan fingerprint density at radius 3 is 2.42 bits per heavy atom. The van der Waals surface area contributed by atoms with Crippen LogP contribution in [0.3, 0.4) is 0 Å². The van der Waals surface area contributed by atoms with Gasteiger partial charge in [0, 0.05) is 33.9 Å². The number of hydrogen-bond donors (Lipinski definition) is 1. The highest BCUT2D eigenvalue weighted by atomic mass is 16.5. The molecule has 0 aromatic heterocycles. The highest BCUT2D eigenvalue weighted by molar-refractivity contribution is 4.92. The lowest BCUT2D eigenvalue weighted by atomic mass is 9.80. The summed E-state index contributed by atoms with van der Waals surface area (Å²) in [5.41, 5.74) is 0.429. The third-order valence-electron chi connectivity index (χ3n) is 4.04. The van der Waals surface area contributed by atoms with Crippen molar-refractivity contribution in [1.29, 1.82) is 0 Å². The molecule has 0 aromatic rings. The summed E-state index contributed by atoms with van der Waals surface area (Å²) in [7, 11) is 3.46. The van der Waals surface area contributed by atoms with E-state index < -0.39 is 0 Å². The lowest BCUT2D eigenvalue weighted by Gasteiger charge is -2.30. The van der Waals surface area contributed by atoms with Crippen LogP contribution in [-0.2, 0) is 14.2 Å². The molecule has 1 N–H and O–H groups in total. The van der Waals surface area contributed by atoms with Crippen molar-refractivity contribution in [1.82, 2.24) is 5.32 Å². The van der Waals surface area contributed by atoms with Gasteiger partial charge < -0.3 is 19.5 Å². The molecule has 0 bridgehead atoms. The zero-order chi connectivity index (χ0) is 14.0. The first-order chi connectivity index (χ1) is 9.23. The van der Waals surface area contributed by atoms with Crippen LogP contribution in [0.2, 0.25) is 0 Å². The van der Waals surface area contributed by atoms with E-state index in [1.165, 1.54) is 19.3 Å². The Kier molecular flexibility index (Phi) is 8.62. The van der Waals surface area contributed by atoms with Gasteiger partial charge >= 0.3 is 0 Å². The monoisotopic (exact) mass is 273 g/mol. The number of nitrogens with one attached hydrogen (secondary N) is 1. The van der Waals surface area contributed by atoms with E-state index in [2.05, 4.69) is 12.2 Å². The summed E-state index contributed by atoms with van der Waals surface area (Å²) in [6, 6.07) is 0. The number of rotatable bonds is 13. The predicted octanol–water partition coefficient (Wildman–Crippen LogP) is 2.08. The fourth-order valence-corrected chi connectivity index (χ4v) is 2.59. The molecule has 0 spiro atoms. The molecule has 1 aliphatic carbocycles. The summed E-state index contributed by atoms with van der Waals surface area (Å²) < 4.78 is 15.6. The van der Waals surface area contributed by atoms with E-state index in [9.17, 15) is 0 Å². The maximum absolute atomic E-state index is 5.55. The summed E-state index contributed by atoms with van der Waals surface area (Å²) in [6.07, 6.45) is 5.17. The first kappa shape index (κ1) is 16.9. The van der Waals surface area contributed by atoms with Crippen LogP contribution in [0.5, 0.6) is 0 Å². The van der Waals surface area contributed by atoms with Crippen molar-refractivity contribution in [3.8, 4) is 0 Å². The van der Waals surface area contributed by atoms with Gasteiger partial charge in [-0.2, -0.15) is 0 Å². The van der Waals surface area contributed by atoms with E-state index in [1.807, 2.05) is 0 Å². The molecule has 1 aliphatic rings. The Balaban J connectivity index is 2.12. The summed E-state index contributed by atoms with van der Waals surface area (Å²) >= 11 is 0. The second-order valence-electron chi connectivity index (χ2n) is 5.81. The summed E-state index contributed by atoms with van der Waals surface area (Å²) in [5.74, 6) is 0.904. The first-order valence-electron chi connectivity index (χ1n) is 7.49. The minimum atomic E-state index is 0.429. The minimum Gasteiger partial charge on any atom is -0.383 e. The highest BCUT2D eigenvalue weighted by Crippen LogP contribution is 2.47. The number of hydrogen-bond acceptors (Lipinski definition) is 4. The van der Waals surface area contributed by atoms with Crippen LogP contribution in [0.25, 0.3) is 0 Å². The molecule has 1 atom stereocenters. The van der Waals surface area contributed by atoms with E-state index in [-0.39, 0.29) is 0 Å². The Bertz CT molecular complexity index is 221. The van der Waals surface area contributed by atoms with Gasteiger partial charge in [-0.25, -0.2) is 0 Å². The van der Waals surface area contributed by atoms with Gasteiger partial charge in [-0.3, -0.25) is 0 Å². The summed E-state index contributed by atoms with van der Waals surface area (Å²) in [6.45, 7) is 7.51. The first-order valence-corrected chi connectivity index (χ1v) is 7.49. The molecule has 0 radical (unpaired) electrons. The van der Waals surface area contributed by atoms with Crippen molar-refractivity contribution >= 4 is 0 Å². The normalized spacial score (nSPS) is 18.5. The average Bonchev–Trinajstić information content (AvgIpc) is 3.24. The predicted molar refractivity (Wildman–Crippen MR) is 77.5 cm³/mol. The Labute approximate surface area is 118 Å². The van der Waals surface area contributed by atoms with Crippen molar-refractivity contribution in [2.45, 2.75) is 32.6 Å². The number of ether oxygens (including phenoxy) is 3. The molecule has 4 nitrogen and oxygen atoms in total. The highest BCUT2D eigenvalue weighted by Gasteiger charge is 2.40. The van der Waals surface area contributed by atoms with E-state index in [0.29, 0.717) is 18.6 Å². The van der Waals surface area contributed by atoms with E-state index >= 15 is 0 Å². The molecule has 1 saturated carbocycles. The molecule has 19 heavy (non-hydrogen) atoms. The summed E-state index contributed by atoms with van der Waals surface area (Å²) in [5, 5.41) is 3.52. The SMILES string of the molecule is COCCNCC(C)(CCCOCCOC)C1CC1. The lowest BCUT2D eigenvalue weighted by molar-refractivity contribution is 0.0626. The fourth-order valence-electron chi connectivity index (χ4n) is 2.59. The van der Waals surface area contributed by atoms with Gasteiger partial charge in [-0.15, -0.1) is 0 Å². The van der Waals surface area contributed by atoms with Gasteiger partial charge in [0.05, 0.1) is 19.8 Å². The molecule has 4 heteroatoms. The van der Waals surface area contributed by atoms with Gasteiger partial charge in [0.25, 0.3) is 0 Å². The van der Waals surface area contributed by atoms with Crippen LogP contribution in [0, 0.1) is 11.3 Å². The van der Waals surface area contributed by atoms with Crippen molar-refractivity contribution in [2.75, 3.05) is 53.7 Å². The van der Waals surface area contributed by atoms with Crippen LogP contribution < -0.4 is 5.32 Å². The van der Waals surface area contributed by atoms with Crippen LogP contribution in [0.15, 0.2) is 0 Å². The Morgan fingerprint density at radius 2 is 1.79 bits per heavy atom. The van der Waals surface area contributed by atoms with E-state index in [1.54, 1.807) is 14.2 Å². The molecule has 114 valence electrons. The molecule has 1 rings (SSSR count). The molecule has 0 saturated heterocycles. The maximum Gasteiger partial charge on any atom is 0.0700 e. The number of methoxy groups -OCH3 is 2. The molecule has 1 fully saturated rings. The molecular weight excluding hydrogens is 242 g/mol. The van der Waals surface area contributed by atoms with Crippen LogP contribution in [0.1, 0.15) is 32.6 Å². The molecular formula is C15H31NO3. The molecule has 0 aromatic carbocycles. The van der Waals surface area contributed by atoms with Crippen molar-refractivity contribution in [3.05, 3.63) is 0 Å². The molecule has 0 heterocycles. The maximum atomic E-state index is 5.55. The topological polar surface area (TPSA) is 39.7 Å². The van der Waals surface area contributed by atoms with Gasteiger partial charge in [-0.05, 0) is 37.0 Å². The fraction of sp³-hybridized carbons (Fsp3) is 1.00. The van der Waals surface area contributed by atoms with Crippen LogP contribution in [0.4, 0.5) is 0 Å². The van der Waals surface area contributed by atoms with Crippen LogP contribution >= 0.6 is 0 Å². The zero-order valence-corrected chi connectivity index (χ0v) is 12.9. The second-order valence-corrected chi connectivity index (χ2v) is 5.81. The van der Waals surface area contributed by atoms with Crippen molar-refractivity contribution < 1.29 is 14.2 Å². The van der Waals surface area contributed by atoms with E-state index in [4.69, 9.17) is 14.2 Å². The average molecular weight is 273 g/mol. The minimum absolute atomic E-state index is 0.429.